The fourth-order valence-electron chi connectivity index (χ4n) is 8.37. The summed E-state index contributed by atoms with van der Waals surface area (Å²) in [6.45, 7) is 6.27. The first-order chi connectivity index (χ1) is 24.4. The second kappa shape index (κ2) is 15.4. The smallest absolute Gasteiger partial charge is 0.251 e. The van der Waals surface area contributed by atoms with Gasteiger partial charge in [-0.2, -0.15) is 0 Å². The molecule has 1 spiro atoms. The van der Waals surface area contributed by atoms with E-state index in [2.05, 4.69) is 83.1 Å². The molecule has 3 heterocycles. The number of hydrogen-bond acceptors (Lipinski definition) is 6. The van der Waals surface area contributed by atoms with Gasteiger partial charge in [0, 0.05) is 48.9 Å². The van der Waals surface area contributed by atoms with Crippen LogP contribution in [0.2, 0.25) is 0 Å². The number of ether oxygens (including phenoxy) is 1. The van der Waals surface area contributed by atoms with Crippen molar-refractivity contribution >= 4 is 11.7 Å². The maximum atomic E-state index is 14.0. The van der Waals surface area contributed by atoms with Crippen LogP contribution in [-0.2, 0) is 12.8 Å². The molecule has 3 aliphatic rings. The van der Waals surface area contributed by atoms with E-state index >= 15 is 0 Å². The Bertz CT molecular complexity index is 1730. The van der Waals surface area contributed by atoms with Crippen LogP contribution in [0.1, 0.15) is 102 Å². The summed E-state index contributed by atoms with van der Waals surface area (Å²) in [4.78, 5) is 21.1. The summed E-state index contributed by atoms with van der Waals surface area (Å²) in [5.74, 6) is 2.16. The average Bonchev–Trinajstić information content (AvgIpc) is 3.60. The van der Waals surface area contributed by atoms with Gasteiger partial charge in [-0.05, 0) is 99.1 Å². The molecule has 3 N–H and O–H groups in total. The first-order valence-corrected chi connectivity index (χ1v) is 18.7. The summed E-state index contributed by atoms with van der Waals surface area (Å²) >= 11 is 0. The number of nitrogens with one attached hydrogen (secondary N) is 2. The van der Waals surface area contributed by atoms with Gasteiger partial charge in [0.2, 0.25) is 0 Å². The number of rotatable bonds is 11. The van der Waals surface area contributed by atoms with Gasteiger partial charge >= 0.3 is 0 Å². The number of aryl methyl sites for hydroxylation is 2. The third-order valence-electron chi connectivity index (χ3n) is 11.2. The number of benzene rings is 3. The average molecular weight is 673 g/mol. The Kier molecular flexibility index (Phi) is 10.5. The Balaban J connectivity index is 1.06. The van der Waals surface area contributed by atoms with Crippen molar-refractivity contribution in [1.29, 1.82) is 0 Å². The minimum Gasteiger partial charge on any atom is -0.487 e. The summed E-state index contributed by atoms with van der Waals surface area (Å²) in [5, 5.41) is 18.8. The van der Waals surface area contributed by atoms with Crippen molar-refractivity contribution in [2.75, 3.05) is 24.5 Å². The normalized spacial score (nSPS) is 19.8. The highest BCUT2D eigenvalue weighted by molar-refractivity contribution is 5.95. The Labute approximate surface area is 297 Å². The topological polar surface area (TPSA) is 86.7 Å². The lowest BCUT2D eigenvalue weighted by Gasteiger charge is -2.41. The monoisotopic (exact) mass is 672 g/mol. The predicted octanol–water partition coefficient (Wildman–Crippen LogP) is 7.46. The summed E-state index contributed by atoms with van der Waals surface area (Å²) in [5.41, 5.74) is 6.16. The zero-order valence-corrected chi connectivity index (χ0v) is 29.6. The van der Waals surface area contributed by atoms with E-state index in [1.807, 2.05) is 37.3 Å². The van der Waals surface area contributed by atoms with E-state index in [4.69, 9.17) is 9.72 Å². The number of hydrogen-bond donors (Lipinski definition) is 3. The van der Waals surface area contributed by atoms with Crippen molar-refractivity contribution < 1.29 is 14.6 Å². The number of pyridine rings is 1. The SMILES string of the molecule is CCc1ccc2c(c1)[C@@H](NC[C@@H](O)[C@H](Cc1ccccc1)NC(=O)c1cc(C)nc(N3CCC(c4ccccc4)CC3)c1)CC1(CCCC1)O2. The van der Waals surface area contributed by atoms with Crippen molar-refractivity contribution in [2.45, 2.75) is 101 Å². The molecule has 3 aromatic carbocycles. The summed E-state index contributed by atoms with van der Waals surface area (Å²) in [7, 11) is 0. The summed E-state index contributed by atoms with van der Waals surface area (Å²) < 4.78 is 6.67. The first kappa shape index (κ1) is 34.3. The molecule has 3 atom stereocenters. The lowest BCUT2D eigenvalue weighted by molar-refractivity contribution is 0.0326. The van der Waals surface area contributed by atoms with Gasteiger partial charge in [-0.3, -0.25) is 4.79 Å². The number of nitrogens with zero attached hydrogens (tertiary/aromatic N) is 2. The van der Waals surface area contributed by atoms with Gasteiger partial charge in [0.1, 0.15) is 17.2 Å². The molecule has 1 saturated heterocycles. The highest BCUT2D eigenvalue weighted by Gasteiger charge is 2.43. The lowest BCUT2D eigenvalue weighted by Crippen LogP contribution is -2.50. The standard InChI is InChI=1S/C43H52N4O3/c1-3-31-16-17-40-36(25-31)38(28-43(50-40)20-10-11-21-43)44-29-39(48)37(26-32-12-6-4-7-13-32)46-42(49)35-24-30(2)45-41(27-35)47-22-18-34(19-23-47)33-14-8-5-9-15-33/h4-9,12-17,24-25,27,34,37-39,44,48H,3,10-11,18-23,26,28-29H2,1-2H3,(H,46,49)/t37-,38-,39+/m0/s1. The van der Waals surface area contributed by atoms with Crippen LogP contribution in [0.25, 0.3) is 0 Å². The van der Waals surface area contributed by atoms with Gasteiger partial charge in [-0.25, -0.2) is 4.98 Å². The van der Waals surface area contributed by atoms with Gasteiger partial charge in [0.05, 0.1) is 12.1 Å². The number of anilines is 1. The first-order valence-electron chi connectivity index (χ1n) is 18.7. The molecular weight excluding hydrogens is 620 g/mol. The van der Waals surface area contributed by atoms with E-state index in [1.54, 1.807) is 0 Å². The number of fused-ring (bicyclic) bond motifs is 1. The molecule has 0 bridgehead atoms. The molecule has 1 amide bonds. The third-order valence-corrected chi connectivity index (χ3v) is 11.2. The fourth-order valence-corrected chi connectivity index (χ4v) is 8.37. The van der Waals surface area contributed by atoms with Gasteiger partial charge in [-0.1, -0.05) is 79.7 Å². The molecule has 1 aromatic heterocycles. The van der Waals surface area contributed by atoms with Gasteiger partial charge in [0.15, 0.2) is 0 Å². The molecule has 0 unspecified atom stereocenters. The molecule has 1 saturated carbocycles. The van der Waals surface area contributed by atoms with E-state index in [0.717, 1.165) is 74.4 Å². The van der Waals surface area contributed by atoms with E-state index in [-0.39, 0.29) is 17.6 Å². The number of carbonyl (C=O) groups excluding carboxylic acids is 1. The fraction of sp³-hybridized carbons (Fsp3) is 0.442. The van der Waals surface area contributed by atoms with E-state index in [1.165, 1.54) is 29.5 Å². The third kappa shape index (κ3) is 7.90. The molecule has 0 radical (unpaired) electrons. The van der Waals surface area contributed by atoms with Crippen LogP contribution in [0.5, 0.6) is 5.75 Å². The van der Waals surface area contributed by atoms with Crippen LogP contribution < -0.4 is 20.3 Å². The van der Waals surface area contributed by atoms with Crippen molar-refractivity contribution in [3.05, 3.63) is 125 Å². The molecule has 50 heavy (non-hydrogen) atoms. The summed E-state index contributed by atoms with van der Waals surface area (Å²) in [6.07, 6.45) is 8.17. The molecule has 4 aromatic rings. The maximum Gasteiger partial charge on any atom is 0.251 e. The quantitative estimate of drug-likeness (QED) is 0.153. The zero-order chi connectivity index (χ0) is 34.5. The van der Waals surface area contributed by atoms with Crippen LogP contribution in [0.4, 0.5) is 5.82 Å². The molecule has 7 nitrogen and oxygen atoms in total. The predicted molar refractivity (Wildman–Crippen MR) is 200 cm³/mol. The van der Waals surface area contributed by atoms with Crippen molar-refractivity contribution in [1.82, 2.24) is 15.6 Å². The number of amides is 1. The maximum absolute atomic E-state index is 14.0. The van der Waals surface area contributed by atoms with E-state index < -0.39 is 12.1 Å². The number of aliphatic hydroxyl groups is 1. The largest absolute Gasteiger partial charge is 0.487 e. The minimum absolute atomic E-state index is 0.0718. The van der Waals surface area contributed by atoms with Crippen LogP contribution in [0, 0.1) is 6.92 Å². The Hall–Kier alpha value is -4.20. The van der Waals surface area contributed by atoms with Gasteiger partial charge in [0.25, 0.3) is 5.91 Å². The molecular formula is C43H52N4O3. The number of aliphatic hydroxyl groups excluding tert-OH is 1. The number of carbonyl (C=O) groups is 1. The van der Waals surface area contributed by atoms with Crippen LogP contribution in [0.15, 0.2) is 91.0 Å². The molecule has 2 aliphatic heterocycles. The van der Waals surface area contributed by atoms with Gasteiger partial charge < -0.3 is 25.4 Å². The number of piperidine rings is 1. The molecule has 1 aliphatic carbocycles. The Morgan fingerprint density at radius 2 is 1.68 bits per heavy atom. The van der Waals surface area contributed by atoms with Crippen molar-refractivity contribution in [3.8, 4) is 5.75 Å². The highest BCUT2D eigenvalue weighted by atomic mass is 16.5. The van der Waals surface area contributed by atoms with Crippen LogP contribution in [0.3, 0.4) is 0 Å². The second-order valence-electron chi connectivity index (χ2n) is 14.7. The highest BCUT2D eigenvalue weighted by Crippen LogP contribution is 2.47. The zero-order valence-electron chi connectivity index (χ0n) is 29.6. The molecule has 2 fully saturated rings. The number of aromatic nitrogens is 1. The molecule has 7 heteroatoms. The van der Waals surface area contributed by atoms with Crippen molar-refractivity contribution in [3.63, 3.8) is 0 Å². The van der Waals surface area contributed by atoms with Crippen LogP contribution in [-0.4, -0.2) is 53.4 Å². The lowest BCUT2D eigenvalue weighted by atomic mass is 9.85. The minimum atomic E-state index is -0.807. The van der Waals surface area contributed by atoms with Crippen LogP contribution >= 0.6 is 0 Å². The van der Waals surface area contributed by atoms with Crippen molar-refractivity contribution in [2.24, 2.45) is 0 Å². The Morgan fingerprint density at radius 1 is 0.960 bits per heavy atom. The Morgan fingerprint density at radius 3 is 2.40 bits per heavy atom. The van der Waals surface area contributed by atoms with E-state index in [9.17, 15) is 9.90 Å². The van der Waals surface area contributed by atoms with Gasteiger partial charge in [-0.15, -0.1) is 0 Å². The molecule has 262 valence electrons. The second-order valence-corrected chi connectivity index (χ2v) is 14.7. The molecule has 7 rings (SSSR count). The summed E-state index contributed by atoms with van der Waals surface area (Å²) in [6, 6.07) is 30.8. The van der Waals surface area contributed by atoms with E-state index in [0.29, 0.717) is 24.4 Å².